The molecular weight excluding hydrogens is 324 g/mol. The number of nitrogens with one attached hydrogen (secondary N) is 1. The van der Waals surface area contributed by atoms with Gasteiger partial charge in [0.2, 0.25) is 5.91 Å². The molecule has 0 heterocycles. The van der Waals surface area contributed by atoms with Crippen LogP contribution in [0, 0.1) is 11.6 Å². The van der Waals surface area contributed by atoms with Gasteiger partial charge in [-0.25, -0.2) is 8.78 Å². The highest BCUT2D eigenvalue weighted by Gasteiger charge is 2.29. The van der Waals surface area contributed by atoms with E-state index in [1.165, 1.54) is 18.2 Å². The summed E-state index contributed by atoms with van der Waals surface area (Å²) in [4.78, 5) is 13.8. The first-order chi connectivity index (χ1) is 10.2. The molecule has 1 aromatic carbocycles. The lowest BCUT2D eigenvalue weighted by atomic mass is 9.96. The van der Waals surface area contributed by atoms with Crippen LogP contribution in [0.25, 0.3) is 0 Å². The Morgan fingerprint density at radius 2 is 1.87 bits per heavy atom. The Labute approximate surface area is 142 Å². The van der Waals surface area contributed by atoms with Gasteiger partial charge in [-0.05, 0) is 39.6 Å². The number of carbonyl (C=O) groups excluding carboxylic acids is 1. The van der Waals surface area contributed by atoms with Crippen LogP contribution in [0.15, 0.2) is 18.2 Å². The van der Waals surface area contributed by atoms with Crippen molar-refractivity contribution in [2.24, 2.45) is 5.73 Å². The summed E-state index contributed by atoms with van der Waals surface area (Å²) in [7, 11) is 3.41. The number of halogens is 3. The van der Waals surface area contributed by atoms with Gasteiger partial charge in [-0.15, -0.1) is 12.4 Å². The quantitative estimate of drug-likeness (QED) is 0.795. The van der Waals surface area contributed by atoms with Gasteiger partial charge in [0.15, 0.2) is 0 Å². The highest BCUT2D eigenvalue weighted by atomic mass is 35.5. The van der Waals surface area contributed by atoms with Crippen LogP contribution < -0.4 is 11.1 Å². The van der Waals surface area contributed by atoms with Gasteiger partial charge < -0.3 is 16.0 Å². The summed E-state index contributed by atoms with van der Waals surface area (Å²) in [5.41, 5.74) is 4.92. The Balaban J connectivity index is 0.00000484. The first kappa shape index (κ1) is 21.8. The molecule has 0 aliphatic heterocycles. The maximum absolute atomic E-state index is 13.9. The van der Waals surface area contributed by atoms with Crippen molar-refractivity contribution in [1.82, 2.24) is 10.2 Å². The van der Waals surface area contributed by atoms with Crippen LogP contribution in [-0.4, -0.2) is 37.0 Å². The molecule has 23 heavy (non-hydrogen) atoms. The number of amides is 1. The van der Waals surface area contributed by atoms with Crippen molar-refractivity contribution in [1.29, 1.82) is 0 Å². The van der Waals surface area contributed by atoms with Crippen molar-refractivity contribution in [3.63, 3.8) is 0 Å². The van der Waals surface area contributed by atoms with E-state index < -0.39 is 23.2 Å². The van der Waals surface area contributed by atoms with Gasteiger partial charge in [-0.3, -0.25) is 4.79 Å². The maximum atomic E-state index is 13.9. The molecule has 0 saturated carbocycles. The van der Waals surface area contributed by atoms with Crippen LogP contribution in [0.1, 0.15) is 38.3 Å². The van der Waals surface area contributed by atoms with Crippen LogP contribution in [0.5, 0.6) is 0 Å². The molecule has 4 nitrogen and oxygen atoms in total. The number of carbonyl (C=O) groups is 1. The van der Waals surface area contributed by atoms with Crippen LogP contribution in [0.3, 0.4) is 0 Å². The normalized spacial score (nSPS) is 14.8. The minimum atomic E-state index is -0.987. The average Bonchev–Trinajstić information content (AvgIpc) is 2.41. The van der Waals surface area contributed by atoms with Gasteiger partial charge in [0.1, 0.15) is 11.6 Å². The van der Waals surface area contributed by atoms with Crippen molar-refractivity contribution in [3.05, 3.63) is 35.4 Å². The van der Waals surface area contributed by atoms with Crippen LogP contribution in [0.4, 0.5) is 8.78 Å². The van der Waals surface area contributed by atoms with Gasteiger partial charge in [-0.2, -0.15) is 0 Å². The molecule has 132 valence electrons. The Kier molecular flexibility index (Phi) is 8.66. The standard InChI is InChI=1S/C16H25F2N3O.ClH/c1-5-9-16(2,19)15(22)20-10-13(21(3)4)14-11(17)7-6-8-12(14)18;/h6-8,13H,5,9-10,19H2,1-4H3,(H,20,22);1H. The van der Waals surface area contributed by atoms with Crippen LogP contribution >= 0.6 is 12.4 Å². The Bertz CT molecular complexity index is 504. The first-order valence-corrected chi connectivity index (χ1v) is 7.38. The molecule has 0 saturated heterocycles. The minimum absolute atomic E-state index is 0. The zero-order valence-electron chi connectivity index (χ0n) is 14.0. The molecule has 0 aliphatic carbocycles. The number of hydrogen-bond donors (Lipinski definition) is 2. The molecule has 0 aliphatic rings. The van der Waals surface area contributed by atoms with Gasteiger partial charge in [0.25, 0.3) is 0 Å². The molecule has 0 bridgehead atoms. The topological polar surface area (TPSA) is 58.4 Å². The van der Waals surface area contributed by atoms with Gasteiger partial charge in [0.05, 0.1) is 11.6 Å². The van der Waals surface area contributed by atoms with E-state index >= 15 is 0 Å². The van der Waals surface area contributed by atoms with E-state index in [9.17, 15) is 13.6 Å². The predicted molar refractivity (Wildman–Crippen MR) is 90.5 cm³/mol. The highest BCUT2D eigenvalue weighted by Crippen LogP contribution is 2.24. The lowest BCUT2D eigenvalue weighted by Crippen LogP contribution is -2.52. The maximum Gasteiger partial charge on any atom is 0.239 e. The van der Waals surface area contributed by atoms with Crippen LogP contribution in [-0.2, 0) is 4.79 Å². The van der Waals surface area contributed by atoms with Gasteiger partial charge in [-0.1, -0.05) is 19.4 Å². The second-order valence-electron chi connectivity index (χ2n) is 5.99. The minimum Gasteiger partial charge on any atom is -0.353 e. The predicted octanol–water partition coefficient (Wildman–Crippen LogP) is 2.62. The lowest BCUT2D eigenvalue weighted by molar-refractivity contribution is -0.126. The number of likely N-dealkylation sites (N-methyl/N-ethyl adjacent to an activating group) is 1. The molecular formula is C16H26ClF2N3O. The summed E-state index contributed by atoms with van der Waals surface area (Å²) in [6.07, 6.45) is 1.32. The number of benzene rings is 1. The third kappa shape index (κ3) is 5.71. The summed E-state index contributed by atoms with van der Waals surface area (Å²) >= 11 is 0. The molecule has 1 amide bonds. The molecule has 7 heteroatoms. The smallest absolute Gasteiger partial charge is 0.239 e. The zero-order valence-corrected chi connectivity index (χ0v) is 14.8. The fourth-order valence-electron chi connectivity index (χ4n) is 2.40. The first-order valence-electron chi connectivity index (χ1n) is 7.38. The third-order valence-corrected chi connectivity index (χ3v) is 3.70. The van der Waals surface area contributed by atoms with E-state index in [-0.39, 0.29) is 30.4 Å². The monoisotopic (exact) mass is 349 g/mol. The summed E-state index contributed by atoms with van der Waals surface area (Å²) in [5.74, 6) is -1.58. The summed E-state index contributed by atoms with van der Waals surface area (Å²) in [5, 5.41) is 2.70. The second-order valence-corrected chi connectivity index (χ2v) is 5.99. The number of rotatable bonds is 7. The highest BCUT2D eigenvalue weighted by molar-refractivity contribution is 5.85. The zero-order chi connectivity index (χ0) is 16.9. The van der Waals surface area contributed by atoms with Crippen molar-refractivity contribution < 1.29 is 13.6 Å². The van der Waals surface area contributed by atoms with E-state index in [1.54, 1.807) is 25.9 Å². The molecule has 1 rings (SSSR count). The molecule has 3 N–H and O–H groups in total. The Morgan fingerprint density at radius 3 is 2.30 bits per heavy atom. The van der Waals surface area contributed by atoms with Crippen molar-refractivity contribution in [3.8, 4) is 0 Å². The van der Waals surface area contributed by atoms with E-state index in [0.717, 1.165) is 6.42 Å². The molecule has 0 aromatic heterocycles. The lowest BCUT2D eigenvalue weighted by Gasteiger charge is -2.28. The summed E-state index contributed by atoms with van der Waals surface area (Å²) < 4.78 is 27.9. The molecule has 0 fully saturated rings. The summed E-state index contributed by atoms with van der Waals surface area (Å²) in [6.45, 7) is 3.68. The number of nitrogens with zero attached hydrogens (tertiary/aromatic N) is 1. The largest absolute Gasteiger partial charge is 0.353 e. The molecule has 1 aromatic rings. The van der Waals surface area contributed by atoms with Gasteiger partial charge >= 0.3 is 0 Å². The number of nitrogens with two attached hydrogens (primary N) is 1. The molecule has 2 unspecified atom stereocenters. The van der Waals surface area contributed by atoms with E-state index in [2.05, 4.69) is 5.32 Å². The molecule has 0 spiro atoms. The average molecular weight is 350 g/mol. The van der Waals surface area contributed by atoms with Crippen LogP contribution in [0.2, 0.25) is 0 Å². The fraction of sp³-hybridized carbons (Fsp3) is 0.562. The van der Waals surface area contributed by atoms with Crippen molar-refractivity contribution in [2.75, 3.05) is 20.6 Å². The van der Waals surface area contributed by atoms with E-state index in [4.69, 9.17) is 5.73 Å². The van der Waals surface area contributed by atoms with Crippen molar-refractivity contribution in [2.45, 2.75) is 38.3 Å². The summed E-state index contributed by atoms with van der Waals surface area (Å²) in [6, 6.07) is 3.13. The Hall–Kier alpha value is -1.24. The van der Waals surface area contributed by atoms with E-state index in [0.29, 0.717) is 6.42 Å². The van der Waals surface area contributed by atoms with Crippen molar-refractivity contribution >= 4 is 18.3 Å². The molecule has 2 atom stereocenters. The molecule has 0 radical (unpaired) electrons. The Morgan fingerprint density at radius 1 is 1.35 bits per heavy atom. The van der Waals surface area contributed by atoms with Gasteiger partial charge in [0, 0.05) is 12.1 Å². The van der Waals surface area contributed by atoms with E-state index in [1.807, 2.05) is 6.92 Å². The fourth-order valence-corrected chi connectivity index (χ4v) is 2.40. The second kappa shape index (κ2) is 9.15. The SMILES string of the molecule is CCCC(C)(N)C(=O)NCC(c1c(F)cccc1F)N(C)C.Cl. The number of hydrogen-bond acceptors (Lipinski definition) is 3. The third-order valence-electron chi connectivity index (χ3n) is 3.70.